The lowest BCUT2D eigenvalue weighted by atomic mass is 10.2. The van der Waals surface area contributed by atoms with Crippen LogP contribution in [0.4, 0.5) is 19.0 Å². The third-order valence-corrected chi connectivity index (χ3v) is 5.80. The summed E-state index contributed by atoms with van der Waals surface area (Å²) in [6, 6.07) is 4.09. The molecule has 1 N–H and O–H groups in total. The van der Waals surface area contributed by atoms with Gasteiger partial charge in [-0.15, -0.1) is 0 Å². The molecule has 0 atom stereocenters. The first-order valence-electron chi connectivity index (χ1n) is 11.2. The molecule has 0 unspecified atom stereocenters. The van der Waals surface area contributed by atoms with Crippen molar-refractivity contribution in [3.63, 3.8) is 0 Å². The minimum atomic E-state index is -4.67. The molecule has 180 valence electrons. The Morgan fingerprint density at radius 3 is 2.65 bits per heavy atom. The molecule has 0 spiro atoms. The standard InChI is InChI=1S/C23H25F3N6O2/c24-23(25,26)18-14-19(30-21(29-18)17-6-3-8-27-15-17)31-11-9-28-20(33)7-10-32(13-12-31)22(34)16-4-1-2-5-16/h3-4,6,8,14-15H,1-2,5,7,9-13H2,(H,28,33). The fraction of sp³-hybridized carbons (Fsp3) is 0.435. The molecule has 0 bridgehead atoms. The van der Waals surface area contributed by atoms with E-state index >= 15 is 0 Å². The van der Waals surface area contributed by atoms with Gasteiger partial charge in [-0.1, -0.05) is 6.08 Å². The van der Waals surface area contributed by atoms with Gasteiger partial charge in [-0.25, -0.2) is 9.97 Å². The van der Waals surface area contributed by atoms with Crippen LogP contribution in [0.15, 0.2) is 42.2 Å². The molecule has 4 rings (SSSR count). The zero-order valence-electron chi connectivity index (χ0n) is 18.5. The minimum absolute atomic E-state index is 0.0727. The fourth-order valence-corrected chi connectivity index (χ4v) is 3.99. The van der Waals surface area contributed by atoms with Crippen LogP contribution in [0, 0.1) is 0 Å². The van der Waals surface area contributed by atoms with Gasteiger partial charge < -0.3 is 15.1 Å². The van der Waals surface area contributed by atoms with E-state index in [1.807, 2.05) is 6.08 Å². The molecular formula is C23H25F3N6O2. The van der Waals surface area contributed by atoms with Crippen LogP contribution in [0.25, 0.3) is 11.4 Å². The largest absolute Gasteiger partial charge is 0.433 e. The molecule has 1 saturated heterocycles. The molecule has 0 radical (unpaired) electrons. The highest BCUT2D eigenvalue weighted by atomic mass is 19.4. The van der Waals surface area contributed by atoms with Crippen molar-refractivity contribution in [2.45, 2.75) is 31.9 Å². The quantitative estimate of drug-likeness (QED) is 0.736. The summed E-state index contributed by atoms with van der Waals surface area (Å²) in [6.07, 6.45) is 2.79. The number of aromatic nitrogens is 3. The Balaban J connectivity index is 1.65. The van der Waals surface area contributed by atoms with Gasteiger partial charge in [-0.2, -0.15) is 13.2 Å². The van der Waals surface area contributed by atoms with Gasteiger partial charge in [0.15, 0.2) is 11.5 Å². The molecule has 0 aromatic carbocycles. The summed E-state index contributed by atoms with van der Waals surface area (Å²) in [5.41, 5.74) is 0.0139. The monoisotopic (exact) mass is 474 g/mol. The van der Waals surface area contributed by atoms with E-state index in [0.717, 1.165) is 24.5 Å². The molecule has 34 heavy (non-hydrogen) atoms. The minimum Gasteiger partial charge on any atom is -0.354 e. The van der Waals surface area contributed by atoms with Crippen molar-refractivity contribution in [2.75, 3.05) is 37.6 Å². The molecule has 2 amide bonds. The molecule has 1 aliphatic carbocycles. The van der Waals surface area contributed by atoms with E-state index in [1.165, 1.54) is 12.4 Å². The Kier molecular flexibility index (Phi) is 7.09. The number of hydrogen-bond acceptors (Lipinski definition) is 6. The second kappa shape index (κ2) is 10.2. The first kappa shape index (κ1) is 23.7. The molecule has 1 fully saturated rings. The number of rotatable bonds is 3. The zero-order chi connectivity index (χ0) is 24.1. The maximum atomic E-state index is 13.6. The number of carbonyl (C=O) groups excluding carboxylic acids is 2. The van der Waals surface area contributed by atoms with Gasteiger partial charge in [0.2, 0.25) is 11.8 Å². The number of anilines is 1. The van der Waals surface area contributed by atoms with Crippen LogP contribution >= 0.6 is 0 Å². The van der Waals surface area contributed by atoms with Crippen LogP contribution < -0.4 is 10.2 Å². The van der Waals surface area contributed by atoms with E-state index in [1.54, 1.807) is 21.9 Å². The maximum absolute atomic E-state index is 13.6. The molecule has 3 heterocycles. The number of carbonyl (C=O) groups is 2. The number of allylic oxidation sites excluding steroid dienone is 1. The molecule has 8 nitrogen and oxygen atoms in total. The van der Waals surface area contributed by atoms with Gasteiger partial charge in [-0.05, 0) is 31.4 Å². The highest BCUT2D eigenvalue weighted by Crippen LogP contribution is 2.31. The second-order valence-corrected chi connectivity index (χ2v) is 8.18. The maximum Gasteiger partial charge on any atom is 0.433 e. The summed E-state index contributed by atoms with van der Waals surface area (Å²) in [4.78, 5) is 40.4. The van der Waals surface area contributed by atoms with Crippen molar-refractivity contribution >= 4 is 17.6 Å². The SMILES string of the molecule is O=C1CCN(C(=O)C2=CCCC2)CCN(c2cc(C(F)(F)F)nc(-c3cccnc3)n2)CCN1. The Bertz CT molecular complexity index is 1070. The molecule has 1 aliphatic heterocycles. The lowest BCUT2D eigenvalue weighted by Crippen LogP contribution is -2.45. The normalized spacial score (nSPS) is 17.9. The van der Waals surface area contributed by atoms with E-state index in [9.17, 15) is 22.8 Å². The summed E-state index contributed by atoms with van der Waals surface area (Å²) < 4.78 is 40.9. The average Bonchev–Trinajstić information content (AvgIpc) is 3.37. The predicted octanol–water partition coefficient (Wildman–Crippen LogP) is 2.82. The van der Waals surface area contributed by atoms with Gasteiger partial charge in [-0.3, -0.25) is 14.6 Å². The van der Waals surface area contributed by atoms with Gasteiger partial charge in [0, 0.05) is 68.7 Å². The molecule has 2 aromatic heterocycles. The summed E-state index contributed by atoms with van der Waals surface area (Å²) in [5, 5.41) is 2.76. The molecule has 0 saturated carbocycles. The number of nitrogens with one attached hydrogen (secondary N) is 1. The number of amides is 2. The number of halogens is 3. The Labute approximate surface area is 194 Å². The third-order valence-electron chi connectivity index (χ3n) is 5.80. The van der Waals surface area contributed by atoms with E-state index in [2.05, 4.69) is 20.3 Å². The summed E-state index contributed by atoms with van der Waals surface area (Å²) in [5.74, 6) is -0.359. The second-order valence-electron chi connectivity index (χ2n) is 8.18. The van der Waals surface area contributed by atoms with Gasteiger partial charge in [0.25, 0.3) is 0 Å². The molecule has 2 aromatic rings. The summed E-state index contributed by atoms with van der Waals surface area (Å²) >= 11 is 0. The van der Waals surface area contributed by atoms with Crippen molar-refractivity contribution < 1.29 is 22.8 Å². The lowest BCUT2D eigenvalue weighted by molar-refractivity contribution is -0.141. The van der Waals surface area contributed by atoms with E-state index in [-0.39, 0.29) is 62.6 Å². The van der Waals surface area contributed by atoms with Crippen LogP contribution in [-0.4, -0.2) is 64.4 Å². The summed E-state index contributed by atoms with van der Waals surface area (Å²) in [7, 11) is 0. The molecule has 11 heteroatoms. The molecular weight excluding hydrogens is 449 g/mol. The number of alkyl halides is 3. The fourth-order valence-electron chi connectivity index (χ4n) is 3.99. The Morgan fingerprint density at radius 2 is 1.94 bits per heavy atom. The first-order valence-corrected chi connectivity index (χ1v) is 11.2. The van der Waals surface area contributed by atoms with Gasteiger partial charge in [0.05, 0.1) is 0 Å². The van der Waals surface area contributed by atoms with Crippen LogP contribution in [0.1, 0.15) is 31.4 Å². The topological polar surface area (TPSA) is 91.3 Å². The number of hydrogen-bond donors (Lipinski definition) is 1. The van der Waals surface area contributed by atoms with Crippen molar-refractivity contribution in [1.29, 1.82) is 0 Å². The van der Waals surface area contributed by atoms with Gasteiger partial charge >= 0.3 is 6.18 Å². The van der Waals surface area contributed by atoms with Gasteiger partial charge in [0.1, 0.15) is 5.82 Å². The van der Waals surface area contributed by atoms with E-state index in [4.69, 9.17) is 0 Å². The summed E-state index contributed by atoms with van der Waals surface area (Å²) in [6.45, 7) is 1.24. The van der Waals surface area contributed by atoms with Crippen molar-refractivity contribution in [3.8, 4) is 11.4 Å². The Hall–Kier alpha value is -3.50. The highest BCUT2D eigenvalue weighted by molar-refractivity contribution is 5.94. The Morgan fingerprint density at radius 1 is 1.09 bits per heavy atom. The average molecular weight is 474 g/mol. The van der Waals surface area contributed by atoms with Crippen LogP contribution in [-0.2, 0) is 15.8 Å². The lowest BCUT2D eigenvalue weighted by Gasteiger charge is -2.31. The van der Waals surface area contributed by atoms with Crippen LogP contribution in [0.2, 0.25) is 0 Å². The van der Waals surface area contributed by atoms with Crippen LogP contribution in [0.5, 0.6) is 0 Å². The van der Waals surface area contributed by atoms with E-state index < -0.39 is 11.9 Å². The number of pyridine rings is 1. The highest BCUT2D eigenvalue weighted by Gasteiger charge is 2.34. The number of nitrogens with zero attached hydrogens (tertiary/aromatic N) is 5. The van der Waals surface area contributed by atoms with Crippen LogP contribution in [0.3, 0.4) is 0 Å². The molecule has 2 aliphatic rings. The first-order chi connectivity index (χ1) is 16.3. The smallest absolute Gasteiger partial charge is 0.354 e. The van der Waals surface area contributed by atoms with Crippen molar-refractivity contribution in [3.05, 3.63) is 47.9 Å². The van der Waals surface area contributed by atoms with E-state index in [0.29, 0.717) is 12.0 Å². The third kappa shape index (κ3) is 5.70. The van der Waals surface area contributed by atoms with Crippen molar-refractivity contribution in [1.82, 2.24) is 25.2 Å². The van der Waals surface area contributed by atoms with Crippen molar-refractivity contribution in [2.24, 2.45) is 0 Å². The predicted molar refractivity (Wildman–Crippen MR) is 119 cm³/mol. The zero-order valence-corrected chi connectivity index (χ0v) is 18.5.